The van der Waals surface area contributed by atoms with E-state index < -0.39 is 10.0 Å². The number of nitrogens with one attached hydrogen (secondary N) is 1. The minimum absolute atomic E-state index is 0. The summed E-state index contributed by atoms with van der Waals surface area (Å²) in [6, 6.07) is 4.95. The van der Waals surface area contributed by atoms with E-state index >= 15 is 0 Å². The van der Waals surface area contributed by atoms with E-state index in [0.29, 0.717) is 49.4 Å². The molecule has 1 N–H and O–H groups in total. The number of anilines is 1. The number of hydrogen-bond acceptors (Lipinski definition) is 6. The highest BCUT2D eigenvalue weighted by Crippen LogP contribution is 2.20. The molecule has 2 saturated heterocycles. The van der Waals surface area contributed by atoms with E-state index in [2.05, 4.69) is 9.62 Å². The van der Waals surface area contributed by atoms with Gasteiger partial charge in [-0.2, -0.15) is 0 Å². The molecular formula is C20H32N4O5S. The molecule has 10 heteroatoms. The number of sulfonamides is 1. The second-order valence-electron chi connectivity index (χ2n) is 7.96. The second kappa shape index (κ2) is 9.22. The lowest BCUT2D eigenvalue weighted by Gasteiger charge is -2.38. The Hall–Kier alpha value is -2.33. The minimum Gasteiger partial charge on any atom is -0.443 e. The van der Waals surface area contributed by atoms with Crippen LogP contribution in [-0.2, 0) is 14.8 Å². The fraction of sp³-hybridized carbons (Fsp3) is 0.600. The third-order valence-corrected chi connectivity index (χ3v) is 6.81. The normalized spacial score (nSPS) is 18.1. The van der Waals surface area contributed by atoms with Crippen molar-refractivity contribution in [1.29, 1.82) is 0 Å². The summed E-state index contributed by atoms with van der Waals surface area (Å²) in [6.07, 6.45) is 0.167. The van der Waals surface area contributed by atoms with Crippen LogP contribution < -0.4 is 4.72 Å². The van der Waals surface area contributed by atoms with Crippen molar-refractivity contribution >= 4 is 27.7 Å². The van der Waals surface area contributed by atoms with E-state index in [1.807, 2.05) is 7.05 Å². The van der Waals surface area contributed by atoms with Gasteiger partial charge in [0.1, 0.15) is 6.10 Å². The number of ether oxygens (including phenoxy) is 1. The Kier molecular flexibility index (Phi) is 6.87. The van der Waals surface area contributed by atoms with Gasteiger partial charge in [-0.25, -0.2) is 13.2 Å². The molecule has 0 saturated carbocycles. The van der Waals surface area contributed by atoms with Gasteiger partial charge < -0.3 is 14.5 Å². The standard InChI is InChI=1S/C20H30N4O5S.H2/c1-4-11-30(27,28)21-18-6-5-16(12-15(18)2)19(25)23-7-9-24(10-8-23)20(26)29-17-13-22(3)14-17;/h5-6,12,17,21H,4,7-11,13-14H2,1-3H3;1H. The Morgan fingerprint density at radius 3 is 2.37 bits per heavy atom. The van der Waals surface area contributed by atoms with Gasteiger partial charge in [0.15, 0.2) is 0 Å². The molecule has 0 aliphatic carbocycles. The van der Waals surface area contributed by atoms with Crippen LogP contribution >= 0.6 is 0 Å². The monoisotopic (exact) mass is 440 g/mol. The van der Waals surface area contributed by atoms with Gasteiger partial charge in [0, 0.05) is 46.3 Å². The van der Waals surface area contributed by atoms with Gasteiger partial charge in [-0.3, -0.25) is 14.4 Å². The molecule has 2 aliphatic heterocycles. The molecule has 2 aliphatic rings. The van der Waals surface area contributed by atoms with Crippen LogP contribution in [0.4, 0.5) is 10.5 Å². The van der Waals surface area contributed by atoms with E-state index in [1.165, 1.54) is 0 Å². The first-order chi connectivity index (χ1) is 14.2. The number of carbonyl (C=O) groups is 2. The Bertz CT molecular complexity index is 897. The average Bonchev–Trinajstić information content (AvgIpc) is 2.67. The molecule has 1 aromatic carbocycles. The predicted molar refractivity (Wildman–Crippen MR) is 116 cm³/mol. The van der Waals surface area contributed by atoms with Crippen molar-refractivity contribution in [2.24, 2.45) is 0 Å². The van der Waals surface area contributed by atoms with Crippen LogP contribution in [-0.4, -0.2) is 93.3 Å². The van der Waals surface area contributed by atoms with Crippen molar-refractivity contribution in [3.05, 3.63) is 29.3 Å². The van der Waals surface area contributed by atoms with Crippen molar-refractivity contribution in [2.45, 2.75) is 26.4 Å². The summed E-state index contributed by atoms with van der Waals surface area (Å²) in [5, 5.41) is 0. The zero-order valence-corrected chi connectivity index (χ0v) is 18.6. The quantitative estimate of drug-likeness (QED) is 0.721. The number of benzene rings is 1. The van der Waals surface area contributed by atoms with Crippen LogP contribution in [0.25, 0.3) is 0 Å². The minimum atomic E-state index is -3.38. The summed E-state index contributed by atoms with van der Waals surface area (Å²) in [5.41, 5.74) is 1.67. The number of hydrogen-bond donors (Lipinski definition) is 1. The molecular weight excluding hydrogens is 408 g/mol. The van der Waals surface area contributed by atoms with Crippen LogP contribution in [0.3, 0.4) is 0 Å². The van der Waals surface area contributed by atoms with Gasteiger partial charge in [0.25, 0.3) is 5.91 Å². The van der Waals surface area contributed by atoms with Crippen molar-refractivity contribution in [3.63, 3.8) is 0 Å². The van der Waals surface area contributed by atoms with Gasteiger partial charge in [0.2, 0.25) is 10.0 Å². The Morgan fingerprint density at radius 2 is 1.80 bits per heavy atom. The topological polar surface area (TPSA) is 99.3 Å². The highest BCUT2D eigenvalue weighted by molar-refractivity contribution is 7.92. The highest BCUT2D eigenvalue weighted by atomic mass is 32.2. The number of piperazine rings is 1. The van der Waals surface area contributed by atoms with Crippen LogP contribution in [0, 0.1) is 6.92 Å². The Labute approximate surface area is 179 Å². The summed E-state index contributed by atoms with van der Waals surface area (Å²) in [6.45, 7) is 6.82. The molecule has 30 heavy (non-hydrogen) atoms. The summed E-state index contributed by atoms with van der Waals surface area (Å²) in [5.74, 6) is -0.0770. The number of likely N-dealkylation sites (N-methyl/N-ethyl adjacent to an activating group) is 1. The molecule has 9 nitrogen and oxygen atoms in total. The van der Waals surface area contributed by atoms with Crippen molar-refractivity contribution in [1.82, 2.24) is 14.7 Å². The molecule has 2 fully saturated rings. The van der Waals surface area contributed by atoms with Crippen LogP contribution in [0.15, 0.2) is 18.2 Å². The molecule has 2 heterocycles. The fourth-order valence-corrected chi connectivity index (χ4v) is 4.81. The first-order valence-corrected chi connectivity index (χ1v) is 11.9. The predicted octanol–water partition coefficient (Wildman–Crippen LogP) is 1.60. The summed E-state index contributed by atoms with van der Waals surface area (Å²) < 4.78 is 32.0. The first-order valence-electron chi connectivity index (χ1n) is 10.2. The van der Waals surface area contributed by atoms with Gasteiger partial charge >= 0.3 is 6.09 Å². The fourth-order valence-electron chi connectivity index (χ4n) is 3.61. The lowest BCUT2D eigenvalue weighted by Crippen LogP contribution is -2.55. The average molecular weight is 441 g/mol. The molecule has 2 amide bonds. The van der Waals surface area contributed by atoms with E-state index in [-0.39, 0.29) is 25.3 Å². The molecule has 0 aromatic heterocycles. The Morgan fingerprint density at radius 1 is 1.17 bits per heavy atom. The molecule has 0 atom stereocenters. The maximum absolute atomic E-state index is 12.8. The summed E-state index contributed by atoms with van der Waals surface area (Å²) >= 11 is 0. The largest absolute Gasteiger partial charge is 0.443 e. The number of aryl methyl sites for hydroxylation is 1. The zero-order chi connectivity index (χ0) is 21.9. The first kappa shape index (κ1) is 22.4. The van der Waals surface area contributed by atoms with E-state index in [0.717, 1.165) is 13.1 Å². The molecule has 0 radical (unpaired) electrons. The maximum Gasteiger partial charge on any atom is 0.410 e. The molecule has 3 rings (SSSR count). The lowest BCUT2D eigenvalue weighted by molar-refractivity contribution is -0.0195. The molecule has 0 unspecified atom stereocenters. The van der Waals surface area contributed by atoms with Crippen molar-refractivity contribution in [2.75, 3.05) is 56.8 Å². The zero-order valence-electron chi connectivity index (χ0n) is 17.8. The molecule has 1 aromatic rings. The lowest BCUT2D eigenvalue weighted by atomic mass is 10.1. The molecule has 168 valence electrons. The second-order valence-corrected chi connectivity index (χ2v) is 9.80. The van der Waals surface area contributed by atoms with Crippen LogP contribution in [0.2, 0.25) is 0 Å². The van der Waals surface area contributed by atoms with Gasteiger partial charge in [-0.05, 0) is 44.2 Å². The Balaban J connectivity index is 0.00000341. The number of nitrogens with zero attached hydrogens (tertiary/aromatic N) is 3. The number of carbonyl (C=O) groups excluding carboxylic acids is 2. The van der Waals surface area contributed by atoms with E-state index in [4.69, 9.17) is 4.74 Å². The van der Waals surface area contributed by atoms with Crippen LogP contribution in [0.5, 0.6) is 0 Å². The van der Waals surface area contributed by atoms with E-state index in [1.54, 1.807) is 41.8 Å². The molecule has 0 spiro atoms. The summed E-state index contributed by atoms with van der Waals surface area (Å²) in [7, 11) is -1.41. The van der Waals surface area contributed by atoms with Gasteiger partial charge in [-0.1, -0.05) is 6.92 Å². The van der Waals surface area contributed by atoms with Crippen LogP contribution in [0.1, 0.15) is 30.7 Å². The summed E-state index contributed by atoms with van der Waals surface area (Å²) in [4.78, 5) is 30.5. The van der Waals surface area contributed by atoms with E-state index in [9.17, 15) is 18.0 Å². The smallest absolute Gasteiger partial charge is 0.410 e. The highest BCUT2D eigenvalue weighted by Gasteiger charge is 2.31. The van der Waals surface area contributed by atoms with Crippen molar-refractivity contribution < 1.29 is 24.2 Å². The number of likely N-dealkylation sites (tertiary alicyclic amines) is 1. The maximum atomic E-state index is 12.8. The van der Waals surface area contributed by atoms with Gasteiger partial charge in [0.05, 0.1) is 11.4 Å². The third kappa shape index (κ3) is 5.42. The SMILES string of the molecule is CCCS(=O)(=O)Nc1ccc(C(=O)N2CCN(C(=O)OC3CN(C)C3)CC2)cc1C.[HH]. The third-order valence-electron chi connectivity index (χ3n) is 5.33. The van der Waals surface area contributed by atoms with Crippen molar-refractivity contribution in [3.8, 4) is 0 Å². The van der Waals surface area contributed by atoms with Gasteiger partial charge in [-0.15, -0.1) is 0 Å². The number of amides is 2. The molecule has 0 bridgehead atoms. The number of rotatable bonds is 6.